The van der Waals surface area contributed by atoms with Gasteiger partial charge in [-0.25, -0.2) is 0 Å². The molecule has 1 aromatic carbocycles. The van der Waals surface area contributed by atoms with Crippen LogP contribution in [0.5, 0.6) is 0 Å². The summed E-state index contributed by atoms with van der Waals surface area (Å²) in [4.78, 5) is 12.7. The summed E-state index contributed by atoms with van der Waals surface area (Å²) in [6.45, 7) is 6.17. The number of benzene rings is 1. The van der Waals surface area contributed by atoms with Crippen LogP contribution in [0.3, 0.4) is 0 Å². The van der Waals surface area contributed by atoms with E-state index in [0.717, 1.165) is 18.6 Å². The van der Waals surface area contributed by atoms with Crippen LogP contribution in [0.15, 0.2) is 29.2 Å². The first-order valence-electron chi connectivity index (χ1n) is 7.64. The van der Waals surface area contributed by atoms with E-state index in [9.17, 15) is 9.90 Å². The van der Waals surface area contributed by atoms with E-state index >= 15 is 0 Å². The number of nitrogens with one attached hydrogen (secondary N) is 1. The minimum Gasteiger partial charge on any atom is -0.480 e. The molecule has 0 bridgehead atoms. The predicted octanol–water partition coefficient (Wildman–Crippen LogP) is 3.89. The normalized spacial score (nSPS) is 17.7. The molecule has 21 heavy (non-hydrogen) atoms. The van der Waals surface area contributed by atoms with Crippen LogP contribution in [-0.2, 0) is 4.79 Å². The standard InChI is InChI=1S/C17H25NO2S/c1-12(2)13-4-8-15(9-5-13)21-11-10-17(3,16(19)20)18-14-6-7-14/h4-5,8-9,12,14,18H,6-7,10-11H2,1-3H3,(H,19,20). The highest BCUT2D eigenvalue weighted by Gasteiger charge is 2.37. The molecular weight excluding hydrogens is 282 g/mol. The van der Waals surface area contributed by atoms with Crippen molar-refractivity contribution in [3.05, 3.63) is 29.8 Å². The van der Waals surface area contributed by atoms with Crippen molar-refractivity contribution in [1.82, 2.24) is 5.32 Å². The smallest absolute Gasteiger partial charge is 0.323 e. The maximum atomic E-state index is 11.5. The second-order valence-electron chi connectivity index (χ2n) is 6.38. The summed E-state index contributed by atoms with van der Waals surface area (Å²) in [6.07, 6.45) is 2.84. The van der Waals surface area contributed by atoms with Crippen LogP contribution in [0.4, 0.5) is 0 Å². The molecule has 0 amide bonds. The lowest BCUT2D eigenvalue weighted by molar-refractivity contribution is -0.144. The molecule has 0 heterocycles. The quantitative estimate of drug-likeness (QED) is 0.715. The van der Waals surface area contributed by atoms with Crippen LogP contribution in [0.1, 0.15) is 51.5 Å². The summed E-state index contributed by atoms with van der Waals surface area (Å²) in [5.41, 5.74) is 0.539. The SMILES string of the molecule is CC(C)c1ccc(SCCC(C)(NC2CC2)C(=O)O)cc1. The summed E-state index contributed by atoms with van der Waals surface area (Å²) in [5, 5.41) is 12.7. The number of carbonyl (C=O) groups is 1. The van der Waals surface area contributed by atoms with Crippen molar-refractivity contribution in [2.45, 2.75) is 62.4 Å². The van der Waals surface area contributed by atoms with E-state index in [0.29, 0.717) is 18.4 Å². The van der Waals surface area contributed by atoms with E-state index in [-0.39, 0.29) is 0 Å². The highest BCUT2D eigenvalue weighted by atomic mass is 32.2. The van der Waals surface area contributed by atoms with Crippen molar-refractivity contribution in [2.75, 3.05) is 5.75 Å². The molecule has 1 unspecified atom stereocenters. The van der Waals surface area contributed by atoms with Gasteiger partial charge >= 0.3 is 5.97 Å². The van der Waals surface area contributed by atoms with Crippen molar-refractivity contribution in [2.24, 2.45) is 0 Å². The molecule has 1 aromatic rings. The Labute approximate surface area is 131 Å². The number of carboxylic acids is 1. The minimum atomic E-state index is -0.800. The first kappa shape index (κ1) is 16.4. The van der Waals surface area contributed by atoms with E-state index < -0.39 is 11.5 Å². The van der Waals surface area contributed by atoms with Gasteiger partial charge < -0.3 is 5.11 Å². The number of rotatable bonds is 8. The van der Waals surface area contributed by atoms with Crippen molar-refractivity contribution in [1.29, 1.82) is 0 Å². The number of aliphatic carboxylic acids is 1. The molecule has 1 atom stereocenters. The summed E-state index contributed by atoms with van der Waals surface area (Å²) in [6, 6.07) is 8.98. The zero-order chi connectivity index (χ0) is 15.5. The average Bonchev–Trinajstić information content (AvgIpc) is 3.23. The van der Waals surface area contributed by atoms with Crippen molar-refractivity contribution in [3.8, 4) is 0 Å². The summed E-state index contributed by atoms with van der Waals surface area (Å²) < 4.78 is 0. The Morgan fingerprint density at radius 1 is 1.38 bits per heavy atom. The number of carboxylic acid groups (broad SMARTS) is 1. The molecule has 1 fully saturated rings. The Morgan fingerprint density at radius 3 is 2.48 bits per heavy atom. The lowest BCUT2D eigenvalue weighted by Crippen LogP contribution is -2.50. The maximum Gasteiger partial charge on any atom is 0.323 e. The Kier molecular flexibility index (Phi) is 5.33. The fourth-order valence-electron chi connectivity index (χ4n) is 2.24. The van der Waals surface area contributed by atoms with Gasteiger partial charge in [-0.15, -0.1) is 11.8 Å². The monoisotopic (exact) mass is 307 g/mol. The Balaban J connectivity index is 1.85. The maximum absolute atomic E-state index is 11.5. The molecule has 3 nitrogen and oxygen atoms in total. The predicted molar refractivity (Wildman–Crippen MR) is 88.1 cm³/mol. The number of hydrogen-bond acceptors (Lipinski definition) is 3. The molecular formula is C17H25NO2S. The second-order valence-corrected chi connectivity index (χ2v) is 7.55. The number of thioether (sulfide) groups is 1. The fourth-order valence-corrected chi connectivity index (χ4v) is 3.32. The highest BCUT2D eigenvalue weighted by molar-refractivity contribution is 7.99. The molecule has 1 aliphatic carbocycles. The van der Waals surface area contributed by atoms with Gasteiger partial charge in [0.2, 0.25) is 0 Å². The van der Waals surface area contributed by atoms with Crippen molar-refractivity contribution < 1.29 is 9.90 Å². The van der Waals surface area contributed by atoms with E-state index in [2.05, 4.69) is 43.4 Å². The Hall–Kier alpha value is -1.00. The van der Waals surface area contributed by atoms with Crippen LogP contribution in [-0.4, -0.2) is 28.4 Å². The Bertz CT molecular complexity index is 482. The molecule has 1 aliphatic rings. The van der Waals surface area contributed by atoms with Crippen LogP contribution in [0, 0.1) is 0 Å². The van der Waals surface area contributed by atoms with Crippen molar-refractivity contribution in [3.63, 3.8) is 0 Å². The van der Waals surface area contributed by atoms with Crippen LogP contribution < -0.4 is 5.32 Å². The van der Waals surface area contributed by atoms with Gasteiger partial charge in [0.25, 0.3) is 0 Å². The summed E-state index contributed by atoms with van der Waals surface area (Å²) in [7, 11) is 0. The molecule has 0 spiro atoms. The molecule has 2 rings (SSSR count). The molecule has 4 heteroatoms. The third-order valence-corrected chi connectivity index (χ3v) is 5.00. The molecule has 0 aromatic heterocycles. The van der Waals surface area contributed by atoms with Crippen LogP contribution >= 0.6 is 11.8 Å². The molecule has 116 valence electrons. The summed E-state index contributed by atoms with van der Waals surface area (Å²) in [5.74, 6) is 0.607. The van der Waals surface area contributed by atoms with Gasteiger partial charge in [-0.1, -0.05) is 26.0 Å². The zero-order valence-corrected chi connectivity index (χ0v) is 13.9. The van der Waals surface area contributed by atoms with Gasteiger partial charge in [0.15, 0.2) is 0 Å². The van der Waals surface area contributed by atoms with Gasteiger partial charge in [0.1, 0.15) is 5.54 Å². The van der Waals surface area contributed by atoms with E-state index in [1.807, 2.05) is 0 Å². The largest absolute Gasteiger partial charge is 0.480 e. The molecule has 1 saturated carbocycles. The lowest BCUT2D eigenvalue weighted by atomic mass is 9.99. The van der Waals surface area contributed by atoms with Crippen LogP contribution in [0.2, 0.25) is 0 Å². The number of hydrogen-bond donors (Lipinski definition) is 2. The van der Waals surface area contributed by atoms with Gasteiger partial charge in [-0.05, 0) is 49.8 Å². The summed E-state index contributed by atoms with van der Waals surface area (Å²) >= 11 is 1.73. The zero-order valence-electron chi connectivity index (χ0n) is 13.1. The first-order chi connectivity index (χ1) is 9.90. The topological polar surface area (TPSA) is 49.3 Å². The third-order valence-electron chi connectivity index (χ3n) is 3.99. The third kappa shape index (κ3) is 4.75. The minimum absolute atomic E-state index is 0.404. The van der Waals surface area contributed by atoms with E-state index in [1.165, 1.54) is 10.5 Å². The highest BCUT2D eigenvalue weighted by Crippen LogP contribution is 2.27. The molecule has 0 aliphatic heterocycles. The fraction of sp³-hybridized carbons (Fsp3) is 0.588. The van der Waals surface area contributed by atoms with Crippen molar-refractivity contribution >= 4 is 17.7 Å². The second kappa shape index (κ2) is 6.84. The van der Waals surface area contributed by atoms with Gasteiger partial charge in [-0.3, -0.25) is 10.1 Å². The Morgan fingerprint density at radius 2 is 2.00 bits per heavy atom. The van der Waals surface area contributed by atoms with Crippen LogP contribution in [0.25, 0.3) is 0 Å². The van der Waals surface area contributed by atoms with Gasteiger partial charge in [-0.2, -0.15) is 0 Å². The average molecular weight is 307 g/mol. The molecule has 2 N–H and O–H groups in total. The van der Waals surface area contributed by atoms with E-state index in [1.54, 1.807) is 18.7 Å². The molecule has 0 radical (unpaired) electrons. The van der Waals surface area contributed by atoms with Gasteiger partial charge in [0, 0.05) is 16.7 Å². The first-order valence-corrected chi connectivity index (χ1v) is 8.63. The van der Waals surface area contributed by atoms with E-state index in [4.69, 9.17) is 0 Å². The van der Waals surface area contributed by atoms with Gasteiger partial charge in [0.05, 0.1) is 0 Å². The lowest BCUT2D eigenvalue weighted by Gasteiger charge is -2.26. The molecule has 0 saturated heterocycles.